The summed E-state index contributed by atoms with van der Waals surface area (Å²) in [5, 5.41) is 5.85. The van der Waals surface area contributed by atoms with Gasteiger partial charge in [0.05, 0.1) is 12.1 Å². The molecule has 26 heavy (non-hydrogen) atoms. The van der Waals surface area contributed by atoms with Gasteiger partial charge < -0.3 is 10.3 Å². The molecule has 0 aliphatic rings. The van der Waals surface area contributed by atoms with Crippen molar-refractivity contribution < 1.29 is 13.6 Å². The molecule has 0 saturated heterocycles. The molecule has 4 aromatic rings. The minimum Gasteiger partial charge on any atom is -0.361 e. The first-order valence-electron chi connectivity index (χ1n) is 7.86. The maximum Gasteiger partial charge on any atom is 0.230 e. The monoisotopic (exact) mass is 369 g/mol. The highest BCUT2D eigenvalue weighted by molar-refractivity contribution is 7.14. The molecule has 0 atom stereocenters. The van der Waals surface area contributed by atoms with E-state index in [1.165, 1.54) is 17.4 Å². The van der Waals surface area contributed by atoms with Crippen molar-refractivity contribution in [3.8, 4) is 11.3 Å². The SMILES string of the molecule is O=C(Cc1c[nH]c2ccccc12)Nc1nc(-c2ccc(F)c(F)c2)cs1. The van der Waals surface area contributed by atoms with Crippen LogP contribution in [0.2, 0.25) is 0 Å². The summed E-state index contributed by atoms with van der Waals surface area (Å²) >= 11 is 1.23. The van der Waals surface area contributed by atoms with Gasteiger partial charge in [-0.3, -0.25) is 4.79 Å². The number of halogens is 2. The number of hydrogen-bond acceptors (Lipinski definition) is 3. The molecule has 4 nitrogen and oxygen atoms in total. The zero-order valence-electron chi connectivity index (χ0n) is 13.4. The second-order valence-electron chi connectivity index (χ2n) is 5.75. The molecule has 0 fully saturated rings. The van der Waals surface area contributed by atoms with Crippen LogP contribution in [0, 0.1) is 11.6 Å². The molecule has 0 radical (unpaired) electrons. The molecule has 7 heteroatoms. The zero-order chi connectivity index (χ0) is 18.1. The van der Waals surface area contributed by atoms with Gasteiger partial charge in [-0.1, -0.05) is 18.2 Å². The summed E-state index contributed by atoms with van der Waals surface area (Å²) in [6.07, 6.45) is 2.03. The average Bonchev–Trinajstić information content (AvgIpc) is 3.25. The molecule has 1 amide bonds. The first kappa shape index (κ1) is 16.4. The molecule has 0 bridgehead atoms. The van der Waals surface area contributed by atoms with Gasteiger partial charge in [0, 0.05) is 28.0 Å². The van der Waals surface area contributed by atoms with Gasteiger partial charge in [0.1, 0.15) is 0 Å². The summed E-state index contributed by atoms with van der Waals surface area (Å²) in [4.78, 5) is 19.7. The van der Waals surface area contributed by atoms with Crippen molar-refractivity contribution in [1.82, 2.24) is 9.97 Å². The topological polar surface area (TPSA) is 57.8 Å². The van der Waals surface area contributed by atoms with E-state index >= 15 is 0 Å². The Morgan fingerprint density at radius 2 is 2.00 bits per heavy atom. The molecule has 0 unspecified atom stereocenters. The minimum atomic E-state index is -0.930. The van der Waals surface area contributed by atoms with Crippen LogP contribution < -0.4 is 5.32 Å². The van der Waals surface area contributed by atoms with E-state index in [2.05, 4.69) is 15.3 Å². The predicted octanol–water partition coefficient (Wildman–Crippen LogP) is 4.75. The number of benzene rings is 2. The highest BCUT2D eigenvalue weighted by Crippen LogP contribution is 2.26. The fourth-order valence-corrected chi connectivity index (χ4v) is 3.47. The summed E-state index contributed by atoms with van der Waals surface area (Å²) < 4.78 is 26.4. The summed E-state index contributed by atoms with van der Waals surface area (Å²) in [6, 6.07) is 11.3. The lowest BCUT2D eigenvalue weighted by atomic mass is 10.1. The van der Waals surface area contributed by atoms with Crippen molar-refractivity contribution >= 4 is 33.3 Å². The van der Waals surface area contributed by atoms with Crippen LogP contribution in [-0.2, 0) is 11.2 Å². The number of amides is 1. The van der Waals surface area contributed by atoms with E-state index < -0.39 is 11.6 Å². The maximum absolute atomic E-state index is 13.3. The second kappa shape index (κ2) is 6.68. The number of H-pyrrole nitrogens is 1. The summed E-state index contributed by atoms with van der Waals surface area (Å²) in [5.41, 5.74) is 2.81. The molecule has 4 rings (SSSR count). The Labute approximate surface area is 151 Å². The molecule has 2 heterocycles. The van der Waals surface area contributed by atoms with Crippen molar-refractivity contribution in [2.75, 3.05) is 5.32 Å². The van der Waals surface area contributed by atoms with Crippen LogP contribution >= 0.6 is 11.3 Å². The van der Waals surface area contributed by atoms with Gasteiger partial charge in [-0.25, -0.2) is 13.8 Å². The largest absolute Gasteiger partial charge is 0.361 e. The normalized spacial score (nSPS) is 11.0. The maximum atomic E-state index is 13.3. The number of nitrogens with one attached hydrogen (secondary N) is 2. The highest BCUT2D eigenvalue weighted by atomic mass is 32.1. The molecular weight excluding hydrogens is 356 g/mol. The first-order valence-corrected chi connectivity index (χ1v) is 8.74. The van der Waals surface area contributed by atoms with Gasteiger partial charge in [0.25, 0.3) is 0 Å². The Bertz CT molecular complexity index is 1100. The number of fused-ring (bicyclic) bond motifs is 1. The molecule has 0 aliphatic carbocycles. The lowest BCUT2D eigenvalue weighted by Crippen LogP contribution is -2.14. The fraction of sp³-hybridized carbons (Fsp3) is 0.0526. The number of thiazole rings is 1. The lowest BCUT2D eigenvalue weighted by molar-refractivity contribution is -0.115. The third-order valence-electron chi connectivity index (χ3n) is 3.99. The molecule has 0 saturated carbocycles. The van der Waals surface area contributed by atoms with E-state index in [1.807, 2.05) is 30.5 Å². The molecule has 0 aliphatic heterocycles. The highest BCUT2D eigenvalue weighted by Gasteiger charge is 2.12. The molecule has 2 aromatic carbocycles. The Morgan fingerprint density at radius 1 is 1.15 bits per heavy atom. The summed E-state index contributed by atoms with van der Waals surface area (Å²) in [6.45, 7) is 0. The van der Waals surface area contributed by atoms with Gasteiger partial charge >= 0.3 is 0 Å². The number of para-hydroxylation sites is 1. The summed E-state index contributed by atoms with van der Waals surface area (Å²) in [5.74, 6) is -2.03. The van der Waals surface area contributed by atoms with Crippen molar-refractivity contribution in [2.45, 2.75) is 6.42 Å². The van der Waals surface area contributed by atoms with Crippen molar-refractivity contribution in [3.05, 3.63) is 71.2 Å². The summed E-state index contributed by atoms with van der Waals surface area (Å²) in [7, 11) is 0. The van der Waals surface area contributed by atoms with Crippen LogP contribution in [0.4, 0.5) is 13.9 Å². The molecule has 2 aromatic heterocycles. The quantitative estimate of drug-likeness (QED) is 0.545. The molecular formula is C19H13F2N3OS. The number of anilines is 1. The Morgan fingerprint density at radius 3 is 2.85 bits per heavy atom. The van der Waals surface area contributed by atoms with Gasteiger partial charge in [-0.2, -0.15) is 0 Å². The van der Waals surface area contributed by atoms with Crippen LogP contribution in [-0.4, -0.2) is 15.9 Å². The Kier molecular flexibility index (Phi) is 4.22. The zero-order valence-corrected chi connectivity index (χ0v) is 14.2. The van der Waals surface area contributed by atoms with Crippen LogP contribution in [0.3, 0.4) is 0 Å². The lowest BCUT2D eigenvalue weighted by Gasteiger charge is -2.01. The smallest absolute Gasteiger partial charge is 0.230 e. The van der Waals surface area contributed by atoms with Crippen LogP contribution in [0.15, 0.2) is 54.0 Å². The van der Waals surface area contributed by atoms with Gasteiger partial charge in [0.2, 0.25) is 5.91 Å². The fourth-order valence-electron chi connectivity index (χ4n) is 2.73. The van der Waals surface area contributed by atoms with Crippen molar-refractivity contribution in [1.29, 1.82) is 0 Å². The van der Waals surface area contributed by atoms with Crippen molar-refractivity contribution in [2.24, 2.45) is 0 Å². The third kappa shape index (κ3) is 3.21. The predicted molar refractivity (Wildman–Crippen MR) is 98.1 cm³/mol. The van der Waals surface area contributed by atoms with Crippen LogP contribution in [0.5, 0.6) is 0 Å². The van der Waals surface area contributed by atoms with Crippen molar-refractivity contribution in [3.63, 3.8) is 0 Å². The number of carbonyl (C=O) groups is 1. The van der Waals surface area contributed by atoms with Crippen LogP contribution in [0.25, 0.3) is 22.2 Å². The number of hydrogen-bond donors (Lipinski definition) is 2. The van der Waals surface area contributed by atoms with E-state index in [1.54, 1.807) is 5.38 Å². The molecule has 130 valence electrons. The van der Waals surface area contributed by atoms with Gasteiger partial charge in [-0.05, 0) is 29.8 Å². The number of nitrogens with zero attached hydrogens (tertiary/aromatic N) is 1. The van der Waals surface area contributed by atoms with E-state index in [4.69, 9.17) is 0 Å². The molecule has 0 spiro atoms. The molecule has 2 N–H and O–H groups in total. The second-order valence-corrected chi connectivity index (χ2v) is 6.61. The average molecular weight is 369 g/mol. The standard InChI is InChI=1S/C19H13F2N3OS/c20-14-6-5-11(7-15(14)21)17-10-26-19(23-17)24-18(25)8-12-9-22-16-4-2-1-3-13(12)16/h1-7,9-10,22H,8H2,(H,23,24,25). The number of aromatic amines is 1. The third-order valence-corrected chi connectivity index (χ3v) is 4.75. The Balaban J connectivity index is 1.48. The number of carbonyl (C=O) groups excluding carboxylic acids is 1. The van der Waals surface area contributed by atoms with E-state index in [-0.39, 0.29) is 12.3 Å². The van der Waals surface area contributed by atoms with Crippen LogP contribution in [0.1, 0.15) is 5.56 Å². The number of rotatable bonds is 4. The van der Waals surface area contributed by atoms with Gasteiger partial charge in [-0.15, -0.1) is 11.3 Å². The minimum absolute atomic E-state index is 0.194. The van der Waals surface area contributed by atoms with E-state index in [9.17, 15) is 13.6 Å². The Hall–Kier alpha value is -3.06. The van der Waals surface area contributed by atoms with Gasteiger partial charge in [0.15, 0.2) is 16.8 Å². The van der Waals surface area contributed by atoms with E-state index in [0.29, 0.717) is 16.4 Å². The van der Waals surface area contributed by atoms with E-state index in [0.717, 1.165) is 28.6 Å². The number of aromatic nitrogens is 2. The first-order chi connectivity index (χ1) is 12.6.